The van der Waals surface area contributed by atoms with Gasteiger partial charge in [-0.25, -0.2) is 4.98 Å². The monoisotopic (exact) mass is 420 g/mol. The van der Waals surface area contributed by atoms with E-state index in [1.807, 2.05) is 37.3 Å². The van der Waals surface area contributed by atoms with Crippen LogP contribution in [0.5, 0.6) is 0 Å². The van der Waals surface area contributed by atoms with Crippen LogP contribution >= 0.6 is 0 Å². The van der Waals surface area contributed by atoms with Gasteiger partial charge in [-0.3, -0.25) is 9.36 Å². The molecule has 0 bridgehead atoms. The van der Waals surface area contributed by atoms with Crippen LogP contribution in [-0.4, -0.2) is 69.3 Å². The Hall–Kier alpha value is -3.53. The van der Waals surface area contributed by atoms with Crippen LogP contribution in [0.3, 0.4) is 0 Å². The van der Waals surface area contributed by atoms with Crippen molar-refractivity contribution in [2.75, 3.05) is 49.7 Å². The molecule has 0 saturated carbocycles. The summed E-state index contributed by atoms with van der Waals surface area (Å²) < 4.78 is 8.43. The third kappa shape index (κ3) is 3.59. The van der Waals surface area contributed by atoms with Crippen LogP contribution in [0.1, 0.15) is 5.82 Å². The summed E-state index contributed by atoms with van der Waals surface area (Å²) in [5.41, 5.74) is 2.51. The van der Waals surface area contributed by atoms with Gasteiger partial charge in [0.2, 0.25) is 0 Å². The van der Waals surface area contributed by atoms with Crippen molar-refractivity contribution in [3.05, 3.63) is 52.8 Å². The van der Waals surface area contributed by atoms with Crippen LogP contribution in [0.25, 0.3) is 16.6 Å². The molecule has 0 unspecified atom stereocenters. The van der Waals surface area contributed by atoms with Gasteiger partial charge in [0.25, 0.3) is 5.56 Å². The van der Waals surface area contributed by atoms with Crippen LogP contribution in [-0.2, 0) is 11.3 Å². The van der Waals surface area contributed by atoms with E-state index in [0.717, 1.165) is 49.2 Å². The van der Waals surface area contributed by atoms with E-state index in [1.165, 1.54) is 0 Å². The number of methoxy groups -OCH3 is 1. The minimum absolute atomic E-state index is 0.0378. The number of anilines is 2. The van der Waals surface area contributed by atoms with Crippen LogP contribution < -0.4 is 15.4 Å². The topological polar surface area (TPSA) is 93.7 Å². The lowest BCUT2D eigenvalue weighted by Crippen LogP contribution is -2.47. The van der Waals surface area contributed by atoms with Gasteiger partial charge in [-0.15, -0.1) is 15.3 Å². The Kier molecular flexibility index (Phi) is 4.99. The number of rotatable bonds is 5. The molecule has 31 heavy (non-hydrogen) atoms. The van der Waals surface area contributed by atoms with Gasteiger partial charge in [0, 0.05) is 39.0 Å². The fourth-order valence-electron chi connectivity index (χ4n) is 3.94. The number of aryl methyl sites for hydroxylation is 1. The summed E-state index contributed by atoms with van der Waals surface area (Å²) in [6.07, 6.45) is 1.60. The number of benzene rings is 1. The van der Waals surface area contributed by atoms with E-state index in [9.17, 15) is 4.79 Å². The Balaban J connectivity index is 1.32. The van der Waals surface area contributed by atoms with Crippen molar-refractivity contribution in [1.82, 2.24) is 29.4 Å². The maximum atomic E-state index is 12.6. The van der Waals surface area contributed by atoms with Crippen molar-refractivity contribution in [1.29, 1.82) is 0 Å². The molecule has 1 aliphatic heterocycles. The average molecular weight is 420 g/mol. The van der Waals surface area contributed by atoms with Crippen molar-refractivity contribution in [3.8, 4) is 0 Å². The second kappa shape index (κ2) is 7.95. The number of fused-ring (bicyclic) bond motifs is 2. The Labute approximate surface area is 178 Å². The van der Waals surface area contributed by atoms with Crippen LogP contribution in [0.2, 0.25) is 0 Å². The van der Waals surface area contributed by atoms with Gasteiger partial charge in [0.15, 0.2) is 11.5 Å². The zero-order chi connectivity index (χ0) is 21.4. The van der Waals surface area contributed by atoms with E-state index < -0.39 is 0 Å². The molecule has 5 rings (SSSR count). The number of aromatic nitrogens is 6. The molecular weight excluding hydrogens is 396 g/mol. The maximum Gasteiger partial charge on any atom is 0.261 e. The van der Waals surface area contributed by atoms with Crippen molar-refractivity contribution in [2.24, 2.45) is 0 Å². The Morgan fingerprint density at radius 1 is 1.03 bits per heavy atom. The van der Waals surface area contributed by atoms with E-state index in [2.05, 4.69) is 30.1 Å². The molecule has 160 valence electrons. The highest BCUT2D eigenvalue weighted by Gasteiger charge is 2.20. The molecule has 4 heterocycles. The van der Waals surface area contributed by atoms with Gasteiger partial charge in [-0.1, -0.05) is 0 Å². The predicted molar refractivity (Wildman–Crippen MR) is 118 cm³/mol. The van der Waals surface area contributed by atoms with Crippen LogP contribution in [0.4, 0.5) is 11.5 Å². The van der Waals surface area contributed by atoms with Crippen molar-refractivity contribution < 1.29 is 4.74 Å². The molecule has 0 aliphatic carbocycles. The fraction of sp³-hybridized carbons (Fsp3) is 0.381. The SMILES string of the molecule is COCCn1cnc2cc(N3CCN(c4ccc5nnc(C)n5n4)CC3)ccc2c1=O. The highest BCUT2D eigenvalue weighted by Crippen LogP contribution is 2.22. The molecule has 0 amide bonds. The maximum absolute atomic E-state index is 12.6. The first-order chi connectivity index (χ1) is 15.1. The summed E-state index contributed by atoms with van der Waals surface area (Å²) >= 11 is 0. The smallest absolute Gasteiger partial charge is 0.261 e. The van der Waals surface area contributed by atoms with Crippen molar-refractivity contribution in [2.45, 2.75) is 13.5 Å². The second-order valence-corrected chi connectivity index (χ2v) is 7.62. The zero-order valence-electron chi connectivity index (χ0n) is 17.6. The van der Waals surface area contributed by atoms with E-state index in [1.54, 1.807) is 22.5 Å². The largest absolute Gasteiger partial charge is 0.383 e. The third-order valence-corrected chi connectivity index (χ3v) is 5.72. The van der Waals surface area contributed by atoms with Crippen LogP contribution in [0, 0.1) is 6.92 Å². The first-order valence-corrected chi connectivity index (χ1v) is 10.3. The molecule has 0 N–H and O–H groups in total. The molecule has 1 aromatic carbocycles. The fourth-order valence-corrected chi connectivity index (χ4v) is 3.94. The first-order valence-electron chi connectivity index (χ1n) is 10.3. The highest BCUT2D eigenvalue weighted by molar-refractivity contribution is 5.81. The summed E-state index contributed by atoms with van der Waals surface area (Å²) in [6, 6.07) is 9.82. The summed E-state index contributed by atoms with van der Waals surface area (Å²) in [5, 5.41) is 13.5. The Morgan fingerprint density at radius 3 is 2.65 bits per heavy atom. The summed E-state index contributed by atoms with van der Waals surface area (Å²) in [6.45, 7) is 6.29. The third-order valence-electron chi connectivity index (χ3n) is 5.72. The lowest BCUT2D eigenvalue weighted by Gasteiger charge is -2.36. The first kappa shape index (κ1) is 19.4. The van der Waals surface area contributed by atoms with Gasteiger partial charge in [0.05, 0.1) is 30.4 Å². The Morgan fingerprint density at radius 2 is 1.84 bits per heavy atom. The predicted octanol–water partition coefficient (Wildman–Crippen LogP) is 1.12. The lowest BCUT2D eigenvalue weighted by atomic mass is 10.2. The molecule has 0 atom stereocenters. The minimum Gasteiger partial charge on any atom is -0.383 e. The number of hydrogen-bond donors (Lipinski definition) is 0. The van der Waals surface area contributed by atoms with E-state index in [0.29, 0.717) is 24.1 Å². The molecule has 0 spiro atoms. The normalized spacial score (nSPS) is 14.6. The van der Waals surface area contributed by atoms with E-state index >= 15 is 0 Å². The summed E-state index contributed by atoms with van der Waals surface area (Å²) in [7, 11) is 1.62. The molecule has 1 fully saturated rings. The minimum atomic E-state index is -0.0378. The molecule has 10 nitrogen and oxygen atoms in total. The molecule has 4 aromatic rings. The van der Waals surface area contributed by atoms with Crippen LogP contribution in [0.15, 0.2) is 41.5 Å². The molecular formula is C21H24N8O2. The summed E-state index contributed by atoms with van der Waals surface area (Å²) in [5.74, 6) is 1.70. The number of piperazine rings is 1. The quantitative estimate of drug-likeness (QED) is 0.474. The molecule has 3 aromatic heterocycles. The van der Waals surface area contributed by atoms with Gasteiger partial charge in [-0.2, -0.15) is 4.52 Å². The zero-order valence-corrected chi connectivity index (χ0v) is 17.6. The molecule has 1 aliphatic rings. The second-order valence-electron chi connectivity index (χ2n) is 7.62. The lowest BCUT2D eigenvalue weighted by molar-refractivity contribution is 0.186. The van der Waals surface area contributed by atoms with Crippen molar-refractivity contribution in [3.63, 3.8) is 0 Å². The average Bonchev–Trinajstić information content (AvgIpc) is 3.18. The molecule has 0 radical (unpaired) electrons. The number of ether oxygens (including phenoxy) is 1. The van der Waals surface area contributed by atoms with Gasteiger partial charge in [0.1, 0.15) is 5.82 Å². The number of nitrogens with zero attached hydrogens (tertiary/aromatic N) is 8. The van der Waals surface area contributed by atoms with Gasteiger partial charge >= 0.3 is 0 Å². The molecule has 10 heteroatoms. The van der Waals surface area contributed by atoms with E-state index in [-0.39, 0.29) is 5.56 Å². The Bertz CT molecular complexity index is 1290. The van der Waals surface area contributed by atoms with Gasteiger partial charge in [-0.05, 0) is 37.3 Å². The van der Waals surface area contributed by atoms with Gasteiger partial charge < -0.3 is 14.5 Å². The highest BCUT2D eigenvalue weighted by atomic mass is 16.5. The standard InChI is InChI=1S/C21H24N8O2/c1-15-23-24-19-5-6-20(25-29(15)19)27-9-7-26(8-10-27)16-3-4-17-18(13-16)22-14-28(21(17)30)11-12-31-2/h3-6,13-14H,7-12H2,1-2H3. The number of hydrogen-bond acceptors (Lipinski definition) is 8. The molecule has 1 saturated heterocycles. The van der Waals surface area contributed by atoms with E-state index in [4.69, 9.17) is 4.74 Å². The van der Waals surface area contributed by atoms with Crippen molar-refractivity contribution >= 4 is 28.1 Å². The summed E-state index contributed by atoms with van der Waals surface area (Å²) in [4.78, 5) is 21.7.